The van der Waals surface area contributed by atoms with E-state index in [2.05, 4.69) is 25.3 Å². The minimum atomic E-state index is -0.928. The van der Waals surface area contributed by atoms with Gasteiger partial charge in [0.05, 0.1) is 16.4 Å². The van der Waals surface area contributed by atoms with E-state index in [1.807, 2.05) is 19.2 Å². The molecule has 3 heterocycles. The lowest BCUT2D eigenvalue weighted by Crippen LogP contribution is -2.40. The number of hydrogen-bond acceptors (Lipinski definition) is 9. The second kappa shape index (κ2) is 13.2. The Hall–Kier alpha value is -4.59. The predicted molar refractivity (Wildman–Crippen MR) is 156 cm³/mol. The molecule has 0 radical (unpaired) electrons. The molecule has 0 fully saturated rings. The summed E-state index contributed by atoms with van der Waals surface area (Å²) in [6.07, 6.45) is 5.24. The molecule has 0 bridgehead atoms. The van der Waals surface area contributed by atoms with Crippen LogP contribution in [0, 0.1) is 5.82 Å². The van der Waals surface area contributed by atoms with Gasteiger partial charge in [0.15, 0.2) is 17.9 Å². The van der Waals surface area contributed by atoms with E-state index in [9.17, 15) is 18.8 Å². The molecule has 212 valence electrons. The monoisotopic (exact) mass is 596 g/mol. The summed E-state index contributed by atoms with van der Waals surface area (Å²) in [7, 11) is 1.86. The molecular weight excluding hydrogens is 571 g/mol. The highest BCUT2D eigenvalue weighted by Crippen LogP contribution is 2.36. The van der Waals surface area contributed by atoms with Gasteiger partial charge >= 0.3 is 0 Å². The molecule has 0 aliphatic carbocycles. The van der Waals surface area contributed by atoms with Crippen molar-refractivity contribution in [2.75, 3.05) is 18.9 Å². The van der Waals surface area contributed by atoms with E-state index in [0.717, 1.165) is 16.8 Å². The summed E-state index contributed by atoms with van der Waals surface area (Å²) in [5, 5.41) is 9.27. The van der Waals surface area contributed by atoms with E-state index in [1.165, 1.54) is 46.7 Å². The summed E-state index contributed by atoms with van der Waals surface area (Å²) in [6, 6.07) is 10.1. The Morgan fingerprint density at radius 1 is 1.29 bits per heavy atom. The molecule has 4 aromatic rings. The van der Waals surface area contributed by atoms with Gasteiger partial charge in [0.1, 0.15) is 18.1 Å². The maximum Gasteiger partial charge on any atom is 0.277 e. The van der Waals surface area contributed by atoms with Crippen LogP contribution < -0.4 is 27.4 Å². The van der Waals surface area contributed by atoms with Crippen LogP contribution in [-0.2, 0) is 11.3 Å². The zero-order chi connectivity index (χ0) is 29.5. The van der Waals surface area contributed by atoms with Crippen LogP contribution in [0.15, 0.2) is 66.5 Å². The minimum Gasteiger partial charge on any atom is -0.405 e. The highest BCUT2D eigenvalue weighted by molar-refractivity contribution is 7.13. The summed E-state index contributed by atoms with van der Waals surface area (Å²) in [5.74, 6) is -1.48. The van der Waals surface area contributed by atoms with Crippen molar-refractivity contribution in [2.24, 2.45) is 11.5 Å². The second-order valence-electron chi connectivity index (χ2n) is 8.69. The number of likely N-dealkylation sites (N-methyl/N-ethyl adjacent to an activating group) is 1. The lowest BCUT2D eigenvalue weighted by atomic mass is 10.0. The summed E-state index contributed by atoms with van der Waals surface area (Å²) in [4.78, 5) is 41.2. The van der Waals surface area contributed by atoms with Gasteiger partial charge in [-0.15, -0.1) is 0 Å². The van der Waals surface area contributed by atoms with Gasteiger partial charge in [-0.25, -0.2) is 9.37 Å². The number of carbonyl (C=O) groups is 3. The van der Waals surface area contributed by atoms with Crippen molar-refractivity contribution in [1.29, 1.82) is 0 Å². The van der Waals surface area contributed by atoms with E-state index < -0.39 is 23.7 Å². The molecule has 2 aromatic heterocycles. The van der Waals surface area contributed by atoms with Crippen molar-refractivity contribution >= 4 is 57.1 Å². The normalized spacial score (nSPS) is 14.8. The maximum absolute atomic E-state index is 14.0. The topological polar surface area (TPSA) is 170 Å². The van der Waals surface area contributed by atoms with Crippen molar-refractivity contribution < 1.29 is 18.8 Å². The Morgan fingerprint density at radius 2 is 2.07 bits per heavy atom. The number of hydrogen-bond donors (Lipinski definition) is 5. The zero-order valence-electron chi connectivity index (χ0n) is 21.7. The standard InChI is InChI=1S/C21H13ClFN5O3S.C6H13N3/c22-13-6-5-10(23)7-12(13)17-19-20(24-15(9-29)28(19)8-16(30)25-17)26-21(31)18-11-3-1-2-4-14(11)32-27-18;1-9-5-6(4-8)2-3-7/h1-7,9,17H,8H2,(H,25,30)(H,26,31);2-4,9H,5,7-8H2,1H3/b;3-2-,6-4+. The number of amides is 2. The molecule has 2 aromatic carbocycles. The average Bonchev–Trinajstić information content (AvgIpc) is 3.55. The highest BCUT2D eigenvalue weighted by Gasteiger charge is 2.34. The van der Waals surface area contributed by atoms with E-state index >= 15 is 0 Å². The average molecular weight is 597 g/mol. The molecule has 1 aliphatic heterocycles. The van der Waals surface area contributed by atoms with Crippen LogP contribution in [0.25, 0.3) is 10.1 Å². The lowest BCUT2D eigenvalue weighted by Gasteiger charge is -2.27. The van der Waals surface area contributed by atoms with Crippen LogP contribution in [0.5, 0.6) is 0 Å². The number of anilines is 1. The number of aromatic nitrogens is 3. The number of carbonyl (C=O) groups excluding carboxylic acids is 3. The van der Waals surface area contributed by atoms with Gasteiger partial charge in [-0.1, -0.05) is 29.8 Å². The van der Waals surface area contributed by atoms with Gasteiger partial charge in [-0.3, -0.25) is 14.4 Å². The molecule has 0 saturated carbocycles. The summed E-state index contributed by atoms with van der Waals surface area (Å²) < 4.78 is 20.4. The molecule has 0 spiro atoms. The van der Waals surface area contributed by atoms with Crippen LogP contribution in [0.1, 0.15) is 38.4 Å². The number of nitrogens with zero attached hydrogens (tertiary/aromatic N) is 3. The summed E-state index contributed by atoms with van der Waals surface area (Å²) >= 11 is 7.46. The number of halogens is 2. The molecular formula is C27H26ClFN8O3S. The summed E-state index contributed by atoms with van der Waals surface area (Å²) in [5.41, 5.74) is 12.1. The molecule has 5 rings (SSSR count). The smallest absolute Gasteiger partial charge is 0.277 e. The molecule has 2 amide bonds. The van der Waals surface area contributed by atoms with Gasteiger partial charge in [-0.05, 0) is 66.9 Å². The van der Waals surface area contributed by atoms with E-state index in [1.54, 1.807) is 18.2 Å². The van der Waals surface area contributed by atoms with Crippen LogP contribution in [0.4, 0.5) is 10.2 Å². The van der Waals surface area contributed by atoms with Gasteiger partial charge in [-0.2, -0.15) is 4.37 Å². The first-order valence-corrected chi connectivity index (χ1v) is 13.4. The fourth-order valence-corrected chi connectivity index (χ4v) is 5.22. The quantitative estimate of drug-likeness (QED) is 0.160. The first kappa shape index (κ1) is 29.4. The third-order valence-corrected chi connectivity index (χ3v) is 7.19. The number of fused-ring (bicyclic) bond motifs is 2. The number of imidazole rings is 1. The molecule has 1 aliphatic rings. The number of nitrogens with two attached hydrogens (primary N) is 2. The van der Waals surface area contributed by atoms with E-state index in [-0.39, 0.29) is 34.5 Å². The summed E-state index contributed by atoms with van der Waals surface area (Å²) in [6.45, 7) is 0.569. The highest BCUT2D eigenvalue weighted by atomic mass is 35.5. The van der Waals surface area contributed by atoms with Gasteiger partial charge in [0, 0.05) is 22.5 Å². The Balaban J connectivity index is 0.000000374. The van der Waals surface area contributed by atoms with Gasteiger partial charge in [0.2, 0.25) is 5.91 Å². The molecule has 41 heavy (non-hydrogen) atoms. The molecule has 11 nitrogen and oxygen atoms in total. The fraction of sp³-hybridized carbons (Fsp3) is 0.148. The Kier molecular flexibility index (Phi) is 9.45. The zero-order valence-corrected chi connectivity index (χ0v) is 23.3. The first-order valence-electron chi connectivity index (χ1n) is 12.2. The third kappa shape index (κ3) is 6.43. The molecule has 14 heteroatoms. The second-order valence-corrected chi connectivity index (χ2v) is 9.90. The first-order chi connectivity index (χ1) is 19.8. The van der Waals surface area contributed by atoms with Crippen molar-refractivity contribution in [3.63, 3.8) is 0 Å². The SMILES string of the molecule is CNCC(/C=C\N)=C/N.O=Cc1nc(NC(=O)c2nsc3ccccc23)c2n1CC(=O)NC2c1cc(F)ccc1Cl. The van der Waals surface area contributed by atoms with Crippen molar-refractivity contribution in [3.8, 4) is 0 Å². The van der Waals surface area contributed by atoms with Crippen molar-refractivity contribution in [3.05, 3.63) is 100 Å². The van der Waals surface area contributed by atoms with E-state index in [4.69, 9.17) is 23.1 Å². The maximum atomic E-state index is 14.0. The third-order valence-electron chi connectivity index (χ3n) is 6.02. The minimum absolute atomic E-state index is 0.0502. The number of benzene rings is 2. The number of rotatable bonds is 7. The lowest BCUT2D eigenvalue weighted by molar-refractivity contribution is -0.123. The van der Waals surface area contributed by atoms with Crippen LogP contribution >= 0.6 is 23.1 Å². The van der Waals surface area contributed by atoms with E-state index in [0.29, 0.717) is 17.4 Å². The van der Waals surface area contributed by atoms with Crippen LogP contribution in [-0.4, -0.2) is 45.6 Å². The fourth-order valence-electron chi connectivity index (χ4n) is 4.22. The molecule has 1 unspecified atom stereocenters. The van der Waals surface area contributed by atoms with Gasteiger partial charge in [0.25, 0.3) is 5.91 Å². The Labute approximate surface area is 243 Å². The predicted octanol–water partition coefficient (Wildman–Crippen LogP) is 3.09. The van der Waals surface area contributed by atoms with Crippen molar-refractivity contribution in [1.82, 2.24) is 24.6 Å². The van der Waals surface area contributed by atoms with Crippen LogP contribution in [0.3, 0.4) is 0 Å². The number of aldehydes is 1. The van der Waals surface area contributed by atoms with Crippen molar-refractivity contribution in [2.45, 2.75) is 12.6 Å². The Morgan fingerprint density at radius 3 is 2.78 bits per heavy atom. The molecule has 7 N–H and O–H groups in total. The molecule has 0 saturated heterocycles. The molecule has 1 atom stereocenters. The largest absolute Gasteiger partial charge is 0.405 e. The van der Waals surface area contributed by atoms with Crippen LogP contribution in [0.2, 0.25) is 5.02 Å². The van der Waals surface area contributed by atoms with Gasteiger partial charge < -0.3 is 32.0 Å². The number of nitrogens with one attached hydrogen (secondary N) is 3. The Bertz CT molecular complexity index is 1670.